The molecule has 0 aliphatic rings. The summed E-state index contributed by atoms with van der Waals surface area (Å²) in [5.74, 6) is -1.87. The number of phenolic OH excluding ortho intramolecular Hbond substituents is 1. The summed E-state index contributed by atoms with van der Waals surface area (Å²) in [6.45, 7) is 1.32. The molecule has 0 bridgehead atoms. The molecule has 0 aliphatic heterocycles. The Balaban J connectivity index is 0.00000845. The van der Waals surface area contributed by atoms with Crippen LogP contribution in [0.1, 0.15) is 5.69 Å². The molecule has 5 rings (SSSR count). The van der Waals surface area contributed by atoms with Crippen LogP contribution in [0.25, 0.3) is 10.8 Å². The zero-order chi connectivity index (χ0) is 46.0. The number of sulfone groups is 1. The average Bonchev–Trinajstić information content (AvgIpc) is 3.09. The number of anilines is 3. The first-order valence-corrected chi connectivity index (χ1v) is 24.5. The topological polar surface area (TPSA) is 454 Å². The molecule has 1 aromatic heterocycles. The Bertz CT molecular complexity index is 3530. The van der Waals surface area contributed by atoms with Crippen LogP contribution in [0.4, 0.5) is 39.9 Å². The number of benzene rings is 4. The monoisotopic (exact) mass is 1140 g/mol. The van der Waals surface area contributed by atoms with Gasteiger partial charge in [0.25, 0.3) is 0 Å². The van der Waals surface area contributed by atoms with Crippen molar-refractivity contribution in [2.75, 3.05) is 17.3 Å². The molecule has 4 aromatic carbocycles. The van der Waals surface area contributed by atoms with Crippen LogP contribution in [0.5, 0.6) is 5.75 Å². The normalized spacial score (nSPS) is 12.4. The number of halogens is 1. The maximum absolute atomic E-state index is 12.5. The van der Waals surface area contributed by atoms with Crippen LogP contribution >= 0.6 is 11.6 Å². The minimum absolute atomic E-state index is 0. The van der Waals surface area contributed by atoms with Crippen LogP contribution in [-0.4, -0.2) is 94.6 Å². The van der Waals surface area contributed by atoms with Gasteiger partial charge in [0.2, 0.25) is 15.0 Å². The Morgan fingerprint density at radius 1 is 0.621 bits per heavy atom. The van der Waals surface area contributed by atoms with Crippen LogP contribution in [0.15, 0.2) is 98.6 Å². The number of fused-ring (bicyclic) bond motifs is 1. The van der Waals surface area contributed by atoms with Crippen molar-refractivity contribution < 1.29 is 292 Å². The third-order valence-corrected chi connectivity index (χ3v) is 13.3. The molecule has 0 atom stereocenters. The van der Waals surface area contributed by atoms with E-state index < -0.39 is 135 Å². The van der Waals surface area contributed by atoms with Gasteiger partial charge in [0.15, 0.2) is 11.6 Å². The van der Waals surface area contributed by atoms with Crippen LogP contribution in [0, 0.1) is 6.92 Å². The number of aryl methyl sites for hydroxylation is 1. The molecule has 38 heteroatoms. The number of rotatable bonds is 12. The number of nitrogens with two attached hydrogens (primary N) is 1. The standard InChI is InChI=1S/C28H23ClN8O18S6.3K.2Na/c1-11-22(29)27(33-28(31-11)56(2,39)40)32-13-3-5-17(58(44,45)46)15(9-13)34-36-24-19(60(50,51)52)7-12-8-20(61(53,54)55)25(26(38)21(12)23(24)30)37-35-16-10-14(57(41,42)43)4-6-18(16)59(47,48)49;;;;;/h3-10,38H,30H2,1-2H3,(H,31,32,33)(H,41,42,43)(H,44,45,46)(H,47,48,49)(H,50,51,52)(H,53,54,55);;;;;/q;5*+1/p-5. The second kappa shape index (κ2) is 25.2. The van der Waals surface area contributed by atoms with Gasteiger partial charge in [-0.3, -0.25) is 0 Å². The summed E-state index contributed by atoms with van der Waals surface area (Å²) < 4.78 is 205. The van der Waals surface area contributed by atoms with Gasteiger partial charge in [0.05, 0.1) is 41.2 Å². The van der Waals surface area contributed by atoms with Crippen LogP contribution < -0.4 is 224 Å². The van der Waals surface area contributed by atoms with Gasteiger partial charge in [-0.1, -0.05) is 11.6 Å². The van der Waals surface area contributed by atoms with Gasteiger partial charge in [-0.2, -0.15) is 4.98 Å². The Hall–Kier alpha value is 1.52. The number of nitrogens with one attached hydrogen (secondary N) is 1. The molecular formula is C28H18ClK3N8Na2O18S6. The third kappa shape index (κ3) is 16.3. The quantitative estimate of drug-likeness (QED) is 0.0343. The number of azo groups is 2. The fraction of sp³-hybridized carbons (Fsp3) is 0.0714. The summed E-state index contributed by atoms with van der Waals surface area (Å²) >= 11 is 6.21. The van der Waals surface area contributed by atoms with Gasteiger partial charge in [0, 0.05) is 11.9 Å². The molecule has 66 heavy (non-hydrogen) atoms. The van der Waals surface area contributed by atoms with E-state index in [1.165, 1.54) is 6.92 Å². The van der Waals surface area contributed by atoms with E-state index in [-0.39, 0.29) is 242 Å². The van der Waals surface area contributed by atoms with Crippen molar-refractivity contribution in [3.63, 3.8) is 0 Å². The molecule has 0 spiro atoms. The van der Waals surface area contributed by atoms with E-state index in [0.717, 1.165) is 18.4 Å². The number of hydrogen-bond donors (Lipinski definition) is 3. The van der Waals surface area contributed by atoms with Crippen molar-refractivity contribution in [1.29, 1.82) is 0 Å². The van der Waals surface area contributed by atoms with Crippen molar-refractivity contribution in [1.82, 2.24) is 9.97 Å². The van der Waals surface area contributed by atoms with Gasteiger partial charge in [-0.05, 0) is 60.8 Å². The van der Waals surface area contributed by atoms with Crippen molar-refractivity contribution in [2.24, 2.45) is 20.5 Å². The number of phenols is 1. The van der Waals surface area contributed by atoms with E-state index in [1.807, 2.05) is 0 Å². The van der Waals surface area contributed by atoms with Gasteiger partial charge in [-0.15, -0.1) is 20.5 Å². The van der Waals surface area contributed by atoms with Crippen LogP contribution in [-0.2, 0) is 60.4 Å². The van der Waals surface area contributed by atoms with Crippen molar-refractivity contribution >= 4 is 123 Å². The summed E-state index contributed by atoms with van der Waals surface area (Å²) in [4.78, 5) is 0.878. The molecule has 0 saturated carbocycles. The Labute approximate surface area is 552 Å². The number of nitrogens with zero attached hydrogens (tertiary/aromatic N) is 6. The second-order valence-corrected chi connectivity index (χ2v) is 21.0. The molecule has 326 valence electrons. The molecule has 1 heterocycles. The number of aromatic nitrogens is 2. The molecule has 26 nitrogen and oxygen atoms in total. The van der Waals surface area contributed by atoms with Crippen molar-refractivity contribution in [2.45, 2.75) is 36.6 Å². The summed E-state index contributed by atoms with van der Waals surface area (Å²) in [5.41, 5.74) is -0.0971. The van der Waals surface area contributed by atoms with E-state index >= 15 is 0 Å². The summed E-state index contributed by atoms with van der Waals surface area (Å²) in [6.07, 6.45) is 0.781. The van der Waals surface area contributed by atoms with E-state index in [9.17, 15) is 78.4 Å². The molecule has 0 radical (unpaired) electrons. The van der Waals surface area contributed by atoms with Gasteiger partial charge in [-0.25, -0.2) is 55.5 Å². The van der Waals surface area contributed by atoms with Crippen LogP contribution in [0.3, 0.4) is 0 Å². The summed E-state index contributed by atoms with van der Waals surface area (Å²) in [6, 6.07) is 3.95. The Kier molecular flexibility index (Phi) is 25.7. The van der Waals surface area contributed by atoms with Gasteiger partial charge >= 0.3 is 213 Å². The smallest absolute Gasteiger partial charge is 0.744 e. The zero-order valence-corrected chi connectivity index (χ0v) is 53.6. The van der Waals surface area contributed by atoms with Crippen molar-refractivity contribution in [3.05, 3.63) is 59.2 Å². The number of nitrogen functional groups attached to an aromatic ring is 1. The second-order valence-electron chi connectivity index (χ2n) is 11.9. The SMILES string of the molecule is Cc1nc(S(C)(=O)=O)nc(Nc2ccc(S(=O)(=O)[O-])c(N=Nc3c(S(=O)(=O)[O-])cc4cc(S(=O)(=O)[O-])c(N=Nc5cc(S(=O)(=O)[O-])ccc5S(=O)(=O)[O-])c(O)c4c3N)c2)c1Cl.[K+].[K+].[K+].[Na+].[Na+]. The average molecular weight is 1150 g/mol. The molecule has 0 aliphatic carbocycles. The molecule has 0 amide bonds. The molecule has 0 saturated heterocycles. The minimum atomic E-state index is -5.84. The maximum atomic E-state index is 12.5. The first-order chi connectivity index (χ1) is 27.7. The van der Waals surface area contributed by atoms with Gasteiger partial charge in [0.1, 0.15) is 78.4 Å². The van der Waals surface area contributed by atoms with E-state index in [2.05, 4.69) is 35.7 Å². The first kappa shape index (κ1) is 67.5. The van der Waals surface area contributed by atoms with Gasteiger partial charge < -0.3 is 38.9 Å². The molecule has 0 fully saturated rings. The predicted octanol–water partition coefficient (Wildman–Crippen LogP) is -12.6. The maximum Gasteiger partial charge on any atom is 1.00 e. The molecule has 5 aromatic rings. The molecular weight excluding hydrogens is 1130 g/mol. The Morgan fingerprint density at radius 2 is 1.06 bits per heavy atom. The summed E-state index contributed by atoms with van der Waals surface area (Å²) in [7, 11) is -32.0. The largest absolute Gasteiger partial charge is 1.00 e. The predicted molar refractivity (Wildman–Crippen MR) is 199 cm³/mol. The minimum Gasteiger partial charge on any atom is -0.744 e. The summed E-state index contributed by atoms with van der Waals surface area (Å²) in [5, 5.41) is 24.8. The molecule has 4 N–H and O–H groups in total. The van der Waals surface area contributed by atoms with E-state index in [0.29, 0.717) is 30.3 Å². The number of hydrogen-bond acceptors (Lipinski definition) is 26. The Morgan fingerprint density at radius 3 is 1.52 bits per heavy atom. The van der Waals surface area contributed by atoms with E-state index in [1.54, 1.807) is 0 Å². The number of aromatic hydroxyl groups is 1. The van der Waals surface area contributed by atoms with Crippen LogP contribution in [0.2, 0.25) is 5.02 Å². The van der Waals surface area contributed by atoms with E-state index in [4.69, 9.17) is 17.3 Å². The fourth-order valence-electron chi connectivity index (χ4n) is 5.05. The fourth-order valence-corrected chi connectivity index (χ4v) is 8.71. The first-order valence-electron chi connectivity index (χ1n) is 15.2. The third-order valence-electron chi connectivity index (χ3n) is 7.68. The zero-order valence-electron chi connectivity index (χ0n) is 34.6. The molecule has 0 unspecified atom stereocenters. The van der Waals surface area contributed by atoms with Crippen molar-refractivity contribution in [3.8, 4) is 5.75 Å².